The van der Waals surface area contributed by atoms with E-state index in [1.807, 2.05) is 24.3 Å². The minimum Gasteiger partial charge on any atom is -0.507 e. The number of thiazole rings is 1. The molecule has 2 aromatic carbocycles. The molecule has 0 aliphatic carbocycles. The van der Waals surface area contributed by atoms with Crippen LogP contribution in [0.25, 0.3) is 5.76 Å². The molecule has 1 atom stereocenters. The fourth-order valence-corrected chi connectivity index (χ4v) is 4.28. The summed E-state index contributed by atoms with van der Waals surface area (Å²) in [5.41, 5.74) is 1.92. The van der Waals surface area contributed by atoms with Gasteiger partial charge in [-0.15, -0.1) is 11.3 Å². The molecular formula is C24H21FN2O3S. The predicted molar refractivity (Wildman–Crippen MR) is 118 cm³/mol. The van der Waals surface area contributed by atoms with Crippen LogP contribution in [0.4, 0.5) is 9.52 Å². The van der Waals surface area contributed by atoms with Crippen molar-refractivity contribution in [3.8, 4) is 0 Å². The normalized spacial score (nSPS) is 18.6. The second kappa shape index (κ2) is 7.74. The fourth-order valence-electron chi connectivity index (χ4n) is 3.61. The molecule has 1 aliphatic rings. The Morgan fingerprint density at radius 2 is 1.71 bits per heavy atom. The van der Waals surface area contributed by atoms with Crippen molar-refractivity contribution < 1.29 is 19.1 Å². The van der Waals surface area contributed by atoms with E-state index in [9.17, 15) is 19.1 Å². The SMILES string of the molecule is CC(C)(C)c1ccc(C2/C(=C(/O)c3ccc(F)cc3)C(=O)C(=O)N2c2nccs2)cc1. The Hall–Kier alpha value is -3.32. The largest absolute Gasteiger partial charge is 0.507 e. The van der Waals surface area contributed by atoms with Gasteiger partial charge in [0.1, 0.15) is 11.6 Å². The Kier molecular flexibility index (Phi) is 5.23. The number of anilines is 1. The third kappa shape index (κ3) is 3.77. The number of benzene rings is 2. The number of ketones is 1. The van der Waals surface area contributed by atoms with Gasteiger partial charge in [0, 0.05) is 17.1 Å². The van der Waals surface area contributed by atoms with Crippen LogP contribution in [-0.2, 0) is 15.0 Å². The molecule has 1 aliphatic heterocycles. The standard InChI is InChI=1S/C24H21FN2O3S/c1-24(2,3)16-8-4-14(5-9-16)19-18(20(28)15-6-10-17(25)11-7-15)21(29)22(30)27(19)23-26-12-13-31-23/h4-13,19,28H,1-3H3/b20-18-. The van der Waals surface area contributed by atoms with Gasteiger partial charge in [-0.1, -0.05) is 45.0 Å². The molecule has 2 heterocycles. The molecule has 7 heteroatoms. The first-order chi connectivity index (χ1) is 14.7. The van der Waals surface area contributed by atoms with Crippen molar-refractivity contribution in [2.75, 3.05) is 4.90 Å². The van der Waals surface area contributed by atoms with Crippen LogP contribution in [0, 0.1) is 5.82 Å². The Bertz CT molecular complexity index is 1160. The Labute approximate surface area is 183 Å². The first kappa shape index (κ1) is 20.9. The second-order valence-corrected chi connectivity index (χ2v) is 9.24. The summed E-state index contributed by atoms with van der Waals surface area (Å²) in [6.45, 7) is 6.29. The number of carbonyl (C=O) groups excluding carboxylic acids is 2. The van der Waals surface area contributed by atoms with Gasteiger partial charge in [0.2, 0.25) is 0 Å². The van der Waals surface area contributed by atoms with Gasteiger partial charge in [0.05, 0.1) is 11.6 Å². The number of aliphatic hydroxyl groups is 1. The molecule has 1 fully saturated rings. The van der Waals surface area contributed by atoms with Gasteiger partial charge in [-0.25, -0.2) is 9.37 Å². The number of hydrogen-bond donors (Lipinski definition) is 1. The topological polar surface area (TPSA) is 70.5 Å². The van der Waals surface area contributed by atoms with E-state index in [4.69, 9.17) is 0 Å². The number of carbonyl (C=O) groups is 2. The number of aromatic nitrogens is 1. The summed E-state index contributed by atoms with van der Waals surface area (Å²) in [5, 5.41) is 13.1. The quantitative estimate of drug-likeness (QED) is 0.348. The molecule has 31 heavy (non-hydrogen) atoms. The maximum atomic E-state index is 13.4. The molecule has 0 radical (unpaired) electrons. The summed E-state index contributed by atoms with van der Waals surface area (Å²) in [7, 11) is 0. The van der Waals surface area contributed by atoms with E-state index >= 15 is 0 Å². The Morgan fingerprint density at radius 1 is 1.06 bits per heavy atom. The first-order valence-electron chi connectivity index (χ1n) is 9.75. The molecule has 5 nitrogen and oxygen atoms in total. The molecule has 1 saturated heterocycles. The van der Waals surface area contributed by atoms with Crippen molar-refractivity contribution in [3.05, 3.63) is 88.2 Å². The van der Waals surface area contributed by atoms with Crippen molar-refractivity contribution in [1.29, 1.82) is 0 Å². The van der Waals surface area contributed by atoms with Crippen LogP contribution in [0.15, 0.2) is 65.7 Å². The minimum atomic E-state index is -0.842. The van der Waals surface area contributed by atoms with Gasteiger partial charge in [-0.3, -0.25) is 14.5 Å². The average Bonchev–Trinajstić information content (AvgIpc) is 3.34. The summed E-state index contributed by atoms with van der Waals surface area (Å²) < 4.78 is 13.4. The van der Waals surface area contributed by atoms with Crippen molar-refractivity contribution in [2.24, 2.45) is 0 Å². The van der Waals surface area contributed by atoms with Crippen LogP contribution < -0.4 is 4.90 Å². The zero-order valence-electron chi connectivity index (χ0n) is 17.3. The van der Waals surface area contributed by atoms with Crippen LogP contribution >= 0.6 is 11.3 Å². The lowest BCUT2D eigenvalue weighted by Gasteiger charge is -2.24. The number of aliphatic hydroxyl groups excluding tert-OH is 1. The summed E-state index contributed by atoms with van der Waals surface area (Å²) in [4.78, 5) is 31.5. The van der Waals surface area contributed by atoms with E-state index in [0.717, 1.165) is 5.56 Å². The summed E-state index contributed by atoms with van der Waals surface area (Å²) in [5.74, 6) is -2.37. The van der Waals surface area contributed by atoms with Gasteiger partial charge in [-0.05, 0) is 40.8 Å². The Morgan fingerprint density at radius 3 is 2.26 bits per heavy atom. The Balaban J connectivity index is 1.90. The monoisotopic (exact) mass is 436 g/mol. The highest BCUT2D eigenvalue weighted by Gasteiger charge is 2.48. The van der Waals surface area contributed by atoms with E-state index in [0.29, 0.717) is 10.7 Å². The van der Waals surface area contributed by atoms with Crippen LogP contribution in [-0.4, -0.2) is 21.8 Å². The average molecular weight is 437 g/mol. The molecule has 0 bridgehead atoms. The number of hydrogen-bond acceptors (Lipinski definition) is 5. The molecule has 4 rings (SSSR count). The lowest BCUT2D eigenvalue weighted by Crippen LogP contribution is -2.29. The van der Waals surface area contributed by atoms with Crippen LogP contribution in [0.1, 0.15) is 43.5 Å². The van der Waals surface area contributed by atoms with Crippen LogP contribution in [0.5, 0.6) is 0 Å². The number of nitrogens with zero attached hydrogens (tertiary/aromatic N) is 2. The summed E-state index contributed by atoms with van der Waals surface area (Å²) in [6, 6.07) is 11.9. The smallest absolute Gasteiger partial charge is 0.301 e. The molecule has 1 aromatic heterocycles. The summed E-state index contributed by atoms with van der Waals surface area (Å²) >= 11 is 1.23. The highest BCUT2D eigenvalue weighted by Crippen LogP contribution is 2.43. The highest BCUT2D eigenvalue weighted by molar-refractivity contribution is 7.14. The maximum absolute atomic E-state index is 13.4. The van der Waals surface area contributed by atoms with Crippen LogP contribution in [0.3, 0.4) is 0 Å². The van der Waals surface area contributed by atoms with E-state index in [1.165, 1.54) is 40.5 Å². The molecular weight excluding hydrogens is 415 g/mol. The van der Waals surface area contributed by atoms with Gasteiger partial charge in [0.15, 0.2) is 5.13 Å². The molecule has 3 aromatic rings. The van der Waals surface area contributed by atoms with Crippen molar-refractivity contribution in [1.82, 2.24) is 4.98 Å². The van der Waals surface area contributed by atoms with Crippen molar-refractivity contribution >= 4 is 33.9 Å². The molecule has 0 saturated carbocycles. The van der Waals surface area contributed by atoms with Gasteiger partial charge < -0.3 is 5.11 Å². The number of halogens is 1. The van der Waals surface area contributed by atoms with Gasteiger partial charge >= 0.3 is 5.91 Å². The lowest BCUT2D eigenvalue weighted by atomic mass is 9.85. The van der Waals surface area contributed by atoms with Gasteiger partial charge in [0.25, 0.3) is 5.78 Å². The maximum Gasteiger partial charge on any atom is 0.301 e. The third-order valence-electron chi connectivity index (χ3n) is 5.28. The third-order valence-corrected chi connectivity index (χ3v) is 6.05. The molecule has 1 N–H and O–H groups in total. The van der Waals surface area contributed by atoms with Gasteiger partial charge in [-0.2, -0.15) is 0 Å². The number of rotatable bonds is 3. The first-order valence-corrected chi connectivity index (χ1v) is 10.6. The van der Waals surface area contributed by atoms with Crippen LogP contribution in [0.2, 0.25) is 0 Å². The molecule has 0 spiro atoms. The number of amides is 1. The van der Waals surface area contributed by atoms with E-state index in [2.05, 4.69) is 25.8 Å². The zero-order valence-corrected chi connectivity index (χ0v) is 18.1. The molecule has 1 unspecified atom stereocenters. The van der Waals surface area contributed by atoms with Crippen molar-refractivity contribution in [3.63, 3.8) is 0 Å². The van der Waals surface area contributed by atoms with E-state index < -0.39 is 23.5 Å². The minimum absolute atomic E-state index is 0.0460. The number of Topliss-reactive ketones (excluding diaryl/α,β-unsaturated/α-hetero) is 1. The van der Waals surface area contributed by atoms with Crippen molar-refractivity contribution in [2.45, 2.75) is 32.2 Å². The second-order valence-electron chi connectivity index (χ2n) is 8.36. The summed E-state index contributed by atoms with van der Waals surface area (Å²) in [6.07, 6.45) is 1.55. The molecule has 158 valence electrons. The van der Waals surface area contributed by atoms with E-state index in [1.54, 1.807) is 11.6 Å². The fraction of sp³-hybridized carbons (Fsp3) is 0.208. The molecule has 1 amide bonds. The lowest BCUT2D eigenvalue weighted by molar-refractivity contribution is -0.132. The predicted octanol–water partition coefficient (Wildman–Crippen LogP) is 5.21. The highest BCUT2D eigenvalue weighted by atomic mass is 32.1. The van der Waals surface area contributed by atoms with E-state index in [-0.39, 0.29) is 22.3 Å². The zero-order chi connectivity index (χ0) is 22.3.